The molecule has 1 aromatic carbocycles. The summed E-state index contributed by atoms with van der Waals surface area (Å²) in [4.78, 5) is 11.8. The topological polar surface area (TPSA) is 26.3 Å². The molecule has 0 spiro atoms. The monoisotopic (exact) mass is 228 g/mol. The van der Waals surface area contributed by atoms with Gasteiger partial charge in [0.2, 0.25) is 0 Å². The largest absolute Gasteiger partial charge is 0.455 e. The van der Waals surface area contributed by atoms with Gasteiger partial charge in [-0.05, 0) is 43.5 Å². The van der Waals surface area contributed by atoms with Gasteiger partial charge in [0.25, 0.3) is 0 Å². The number of hydrogen-bond donors (Lipinski definition) is 0. The van der Waals surface area contributed by atoms with E-state index in [9.17, 15) is 4.79 Å². The summed E-state index contributed by atoms with van der Waals surface area (Å²) in [5, 5.41) is 0. The van der Waals surface area contributed by atoms with Gasteiger partial charge in [-0.25, -0.2) is 4.79 Å². The maximum Gasteiger partial charge on any atom is 0.338 e. The van der Waals surface area contributed by atoms with Crippen molar-refractivity contribution in [3.05, 3.63) is 53.6 Å². The summed E-state index contributed by atoms with van der Waals surface area (Å²) in [6.45, 7) is 5.74. The Balaban J connectivity index is 2.02. The molecular weight excluding hydrogens is 212 g/mol. The van der Waals surface area contributed by atoms with Crippen LogP contribution >= 0.6 is 0 Å². The normalized spacial score (nSPS) is 18.6. The van der Waals surface area contributed by atoms with E-state index < -0.39 is 0 Å². The van der Waals surface area contributed by atoms with Crippen molar-refractivity contribution < 1.29 is 9.53 Å². The summed E-state index contributed by atoms with van der Waals surface area (Å²) >= 11 is 0. The Morgan fingerprint density at radius 2 is 2.12 bits per heavy atom. The molecular formula is C15H16O2. The fourth-order valence-electron chi connectivity index (χ4n) is 1.91. The molecule has 0 saturated carbocycles. The van der Waals surface area contributed by atoms with Crippen molar-refractivity contribution in [1.82, 2.24) is 0 Å². The number of benzene rings is 1. The molecule has 0 amide bonds. The Kier molecular flexibility index (Phi) is 3.43. The molecule has 1 aliphatic rings. The van der Waals surface area contributed by atoms with Crippen molar-refractivity contribution in [2.24, 2.45) is 0 Å². The molecule has 0 saturated heterocycles. The van der Waals surface area contributed by atoms with Gasteiger partial charge in [0.15, 0.2) is 0 Å². The molecule has 1 aliphatic carbocycles. The van der Waals surface area contributed by atoms with E-state index in [1.807, 2.05) is 18.2 Å². The smallest absolute Gasteiger partial charge is 0.338 e. The number of hydrogen-bond acceptors (Lipinski definition) is 2. The first-order valence-corrected chi connectivity index (χ1v) is 5.80. The predicted octanol–water partition coefficient (Wildman–Crippen LogP) is 3.60. The Morgan fingerprint density at radius 3 is 2.65 bits per heavy atom. The van der Waals surface area contributed by atoms with Crippen LogP contribution in [0.15, 0.2) is 42.5 Å². The standard InChI is InChI=1S/C15H16O2/c1-3-12-5-7-13(8-6-12)15(16)17-14-9-4-11(2)10-14/h3,5-8,10,14H,1,4,9H2,2H3. The third kappa shape index (κ3) is 2.84. The number of rotatable bonds is 3. The second-order valence-electron chi connectivity index (χ2n) is 4.32. The second-order valence-corrected chi connectivity index (χ2v) is 4.32. The van der Waals surface area contributed by atoms with Crippen LogP contribution in [0.3, 0.4) is 0 Å². The van der Waals surface area contributed by atoms with E-state index in [0.717, 1.165) is 18.4 Å². The molecule has 0 N–H and O–H groups in total. The lowest BCUT2D eigenvalue weighted by molar-refractivity contribution is 0.0395. The van der Waals surface area contributed by atoms with Gasteiger partial charge in [-0.3, -0.25) is 0 Å². The molecule has 0 radical (unpaired) electrons. The van der Waals surface area contributed by atoms with Crippen LogP contribution in [0.5, 0.6) is 0 Å². The van der Waals surface area contributed by atoms with Crippen molar-refractivity contribution in [3.63, 3.8) is 0 Å². The van der Waals surface area contributed by atoms with Gasteiger partial charge in [0, 0.05) is 0 Å². The molecule has 2 rings (SSSR count). The predicted molar refractivity (Wildman–Crippen MR) is 68.7 cm³/mol. The molecule has 0 aromatic heterocycles. The average molecular weight is 228 g/mol. The van der Waals surface area contributed by atoms with Crippen LogP contribution < -0.4 is 0 Å². The number of carbonyl (C=O) groups is 1. The van der Waals surface area contributed by atoms with E-state index in [0.29, 0.717) is 5.56 Å². The lowest BCUT2D eigenvalue weighted by Crippen LogP contribution is -2.13. The van der Waals surface area contributed by atoms with Crippen LogP contribution in [-0.4, -0.2) is 12.1 Å². The first-order chi connectivity index (χ1) is 8.19. The van der Waals surface area contributed by atoms with Crippen LogP contribution in [0.1, 0.15) is 35.7 Å². The zero-order chi connectivity index (χ0) is 12.3. The van der Waals surface area contributed by atoms with Crippen LogP contribution in [-0.2, 0) is 4.74 Å². The number of allylic oxidation sites excluding steroid dienone is 1. The van der Waals surface area contributed by atoms with E-state index >= 15 is 0 Å². The van der Waals surface area contributed by atoms with Crippen LogP contribution in [0.25, 0.3) is 6.08 Å². The van der Waals surface area contributed by atoms with Crippen LogP contribution in [0.2, 0.25) is 0 Å². The van der Waals surface area contributed by atoms with Gasteiger partial charge in [0.1, 0.15) is 6.10 Å². The van der Waals surface area contributed by atoms with E-state index in [4.69, 9.17) is 4.74 Å². The Bertz CT molecular complexity index is 454. The quantitative estimate of drug-likeness (QED) is 0.583. The molecule has 2 nitrogen and oxygen atoms in total. The first kappa shape index (κ1) is 11.6. The molecule has 0 heterocycles. The number of ether oxygens (including phenoxy) is 1. The van der Waals surface area contributed by atoms with Crippen molar-refractivity contribution in [1.29, 1.82) is 0 Å². The molecule has 0 fully saturated rings. The van der Waals surface area contributed by atoms with E-state index in [2.05, 4.69) is 13.5 Å². The minimum Gasteiger partial charge on any atom is -0.455 e. The highest BCUT2D eigenvalue weighted by atomic mass is 16.5. The molecule has 88 valence electrons. The molecule has 1 atom stereocenters. The SMILES string of the molecule is C=Cc1ccc(C(=O)OC2C=C(C)CC2)cc1. The van der Waals surface area contributed by atoms with Gasteiger partial charge in [0.05, 0.1) is 5.56 Å². The highest BCUT2D eigenvalue weighted by Gasteiger charge is 2.18. The van der Waals surface area contributed by atoms with E-state index in [1.54, 1.807) is 18.2 Å². The van der Waals surface area contributed by atoms with Crippen LogP contribution in [0.4, 0.5) is 0 Å². The molecule has 2 heteroatoms. The third-order valence-electron chi connectivity index (χ3n) is 2.93. The van der Waals surface area contributed by atoms with E-state index in [-0.39, 0.29) is 12.1 Å². The Labute approximate surface area is 102 Å². The molecule has 1 unspecified atom stereocenters. The maximum absolute atomic E-state index is 11.8. The highest BCUT2D eigenvalue weighted by Crippen LogP contribution is 2.21. The second kappa shape index (κ2) is 5.00. The zero-order valence-electron chi connectivity index (χ0n) is 9.98. The average Bonchev–Trinajstić information content (AvgIpc) is 2.75. The summed E-state index contributed by atoms with van der Waals surface area (Å²) in [5.41, 5.74) is 2.89. The maximum atomic E-state index is 11.8. The summed E-state index contributed by atoms with van der Waals surface area (Å²) in [6.07, 6.45) is 5.64. The molecule has 0 aliphatic heterocycles. The fraction of sp³-hybridized carbons (Fsp3) is 0.267. The fourth-order valence-corrected chi connectivity index (χ4v) is 1.91. The van der Waals surface area contributed by atoms with Gasteiger partial charge in [-0.1, -0.05) is 30.4 Å². The van der Waals surface area contributed by atoms with Crippen molar-refractivity contribution in [2.75, 3.05) is 0 Å². The third-order valence-corrected chi connectivity index (χ3v) is 2.93. The van der Waals surface area contributed by atoms with Crippen molar-refractivity contribution in [3.8, 4) is 0 Å². The minimum atomic E-state index is -0.253. The highest BCUT2D eigenvalue weighted by molar-refractivity contribution is 5.89. The summed E-state index contributed by atoms with van der Waals surface area (Å²) < 4.78 is 5.40. The molecule has 17 heavy (non-hydrogen) atoms. The lowest BCUT2D eigenvalue weighted by atomic mass is 10.1. The summed E-state index contributed by atoms with van der Waals surface area (Å²) in [6, 6.07) is 7.26. The van der Waals surface area contributed by atoms with E-state index in [1.165, 1.54) is 5.57 Å². The Morgan fingerprint density at radius 1 is 1.41 bits per heavy atom. The Hall–Kier alpha value is -1.83. The van der Waals surface area contributed by atoms with Gasteiger partial charge in [-0.2, -0.15) is 0 Å². The summed E-state index contributed by atoms with van der Waals surface area (Å²) in [7, 11) is 0. The van der Waals surface area contributed by atoms with Crippen LogP contribution in [0, 0.1) is 0 Å². The minimum absolute atomic E-state index is 0.0541. The lowest BCUT2D eigenvalue weighted by Gasteiger charge is -2.09. The zero-order valence-corrected chi connectivity index (χ0v) is 9.98. The summed E-state index contributed by atoms with van der Waals surface area (Å²) in [5.74, 6) is -0.253. The van der Waals surface area contributed by atoms with Gasteiger partial charge < -0.3 is 4.74 Å². The number of carbonyl (C=O) groups excluding carboxylic acids is 1. The molecule has 0 bridgehead atoms. The number of esters is 1. The van der Waals surface area contributed by atoms with Gasteiger partial charge >= 0.3 is 5.97 Å². The molecule has 1 aromatic rings. The first-order valence-electron chi connectivity index (χ1n) is 5.80. The van der Waals surface area contributed by atoms with Crippen molar-refractivity contribution >= 4 is 12.0 Å². The van der Waals surface area contributed by atoms with Gasteiger partial charge in [-0.15, -0.1) is 0 Å². The van der Waals surface area contributed by atoms with Crippen molar-refractivity contribution in [2.45, 2.75) is 25.9 Å².